The van der Waals surface area contributed by atoms with Gasteiger partial charge in [-0.15, -0.1) is 0 Å². The average molecular weight is 379 g/mol. The summed E-state index contributed by atoms with van der Waals surface area (Å²) < 4.78 is 0. The minimum absolute atomic E-state index is 0.0573. The van der Waals surface area contributed by atoms with Gasteiger partial charge >= 0.3 is 0 Å². The highest BCUT2D eigenvalue weighted by atomic mass is 35.5. The first-order chi connectivity index (χ1) is 12.1. The number of hydrogen-bond acceptors (Lipinski definition) is 4. The van der Waals surface area contributed by atoms with E-state index in [0.29, 0.717) is 17.4 Å². The van der Waals surface area contributed by atoms with E-state index >= 15 is 0 Å². The van der Waals surface area contributed by atoms with E-state index in [2.05, 4.69) is 26.2 Å². The molecule has 1 N–H and O–H groups in total. The van der Waals surface area contributed by atoms with Gasteiger partial charge in [0.1, 0.15) is 5.82 Å². The van der Waals surface area contributed by atoms with Gasteiger partial charge in [0.15, 0.2) is 0 Å². The van der Waals surface area contributed by atoms with Crippen LogP contribution < -0.4 is 5.32 Å². The van der Waals surface area contributed by atoms with Crippen molar-refractivity contribution in [2.75, 3.05) is 38.0 Å². The fourth-order valence-electron chi connectivity index (χ4n) is 2.83. The quantitative estimate of drug-likeness (QED) is 0.867. The summed E-state index contributed by atoms with van der Waals surface area (Å²) >= 11 is 11.8. The Balaban J connectivity index is 1.42. The molecule has 25 heavy (non-hydrogen) atoms. The van der Waals surface area contributed by atoms with Crippen LogP contribution in [0.3, 0.4) is 0 Å². The minimum Gasteiger partial charge on any atom is -0.310 e. The Bertz CT molecular complexity index is 715. The van der Waals surface area contributed by atoms with Gasteiger partial charge in [0.05, 0.1) is 11.6 Å². The van der Waals surface area contributed by atoms with Crippen molar-refractivity contribution in [2.45, 2.75) is 6.54 Å². The van der Waals surface area contributed by atoms with Crippen LogP contribution in [0.4, 0.5) is 5.82 Å². The molecule has 7 heteroatoms. The van der Waals surface area contributed by atoms with Gasteiger partial charge in [-0.1, -0.05) is 35.3 Å². The third-order valence-electron chi connectivity index (χ3n) is 4.12. The molecule has 0 bridgehead atoms. The third-order valence-corrected chi connectivity index (χ3v) is 4.58. The summed E-state index contributed by atoms with van der Waals surface area (Å²) in [5.74, 6) is 0.465. The summed E-state index contributed by atoms with van der Waals surface area (Å²) in [4.78, 5) is 20.7. The van der Waals surface area contributed by atoms with E-state index in [1.807, 2.05) is 18.2 Å². The molecule has 1 aliphatic rings. The van der Waals surface area contributed by atoms with Crippen LogP contribution in [0.25, 0.3) is 0 Å². The van der Waals surface area contributed by atoms with E-state index in [4.69, 9.17) is 23.2 Å². The largest absolute Gasteiger partial charge is 0.310 e. The molecule has 5 nitrogen and oxygen atoms in total. The maximum absolute atomic E-state index is 12.1. The Morgan fingerprint density at radius 1 is 1.04 bits per heavy atom. The molecule has 0 unspecified atom stereocenters. The first kappa shape index (κ1) is 18.1. The van der Waals surface area contributed by atoms with Crippen LogP contribution >= 0.6 is 23.2 Å². The number of anilines is 1. The Labute approximate surface area is 157 Å². The van der Waals surface area contributed by atoms with Crippen LogP contribution in [0.5, 0.6) is 0 Å². The van der Waals surface area contributed by atoms with E-state index in [-0.39, 0.29) is 5.91 Å². The van der Waals surface area contributed by atoms with Crippen molar-refractivity contribution in [1.82, 2.24) is 14.8 Å². The van der Waals surface area contributed by atoms with Gasteiger partial charge in [0.25, 0.3) is 0 Å². The van der Waals surface area contributed by atoms with Gasteiger partial charge in [-0.25, -0.2) is 4.98 Å². The zero-order valence-corrected chi connectivity index (χ0v) is 15.3. The van der Waals surface area contributed by atoms with Gasteiger partial charge < -0.3 is 5.32 Å². The maximum Gasteiger partial charge on any atom is 0.239 e. The molecule has 2 heterocycles. The number of benzene rings is 1. The lowest BCUT2D eigenvalue weighted by Crippen LogP contribution is -2.48. The number of carbonyl (C=O) groups is 1. The van der Waals surface area contributed by atoms with Crippen LogP contribution in [-0.4, -0.2) is 53.4 Å². The highest BCUT2D eigenvalue weighted by Gasteiger charge is 2.19. The van der Waals surface area contributed by atoms with Crippen molar-refractivity contribution in [1.29, 1.82) is 0 Å². The standard InChI is InChI=1S/C18H20Cl2N4O/c19-15-3-1-2-14(10-15)12-23-6-8-24(9-7-23)13-18(25)22-17-5-4-16(20)11-21-17/h1-5,10-11H,6-9,12-13H2,(H,21,22,25). The molecule has 1 saturated heterocycles. The van der Waals surface area contributed by atoms with Crippen LogP contribution in [0.2, 0.25) is 10.0 Å². The number of pyridine rings is 1. The van der Waals surface area contributed by atoms with Crippen LogP contribution in [0.1, 0.15) is 5.56 Å². The first-order valence-corrected chi connectivity index (χ1v) is 8.95. The average Bonchev–Trinajstić information content (AvgIpc) is 2.59. The van der Waals surface area contributed by atoms with Crippen molar-refractivity contribution in [3.63, 3.8) is 0 Å². The fraction of sp³-hybridized carbons (Fsp3) is 0.333. The maximum atomic E-state index is 12.1. The van der Waals surface area contributed by atoms with Crippen LogP contribution in [0.15, 0.2) is 42.6 Å². The molecule has 1 fully saturated rings. The van der Waals surface area contributed by atoms with Crippen LogP contribution in [-0.2, 0) is 11.3 Å². The molecule has 1 amide bonds. The second-order valence-corrected chi connectivity index (χ2v) is 6.96. The molecule has 1 aromatic carbocycles. The van der Waals surface area contributed by atoms with Gasteiger partial charge in [-0.2, -0.15) is 0 Å². The molecule has 132 valence electrons. The number of piperazine rings is 1. The number of carbonyl (C=O) groups excluding carboxylic acids is 1. The fourth-order valence-corrected chi connectivity index (χ4v) is 3.16. The molecule has 2 aromatic rings. The smallest absolute Gasteiger partial charge is 0.239 e. The number of nitrogens with one attached hydrogen (secondary N) is 1. The lowest BCUT2D eigenvalue weighted by Gasteiger charge is -2.34. The van der Waals surface area contributed by atoms with Crippen molar-refractivity contribution < 1.29 is 4.79 Å². The molecular weight excluding hydrogens is 359 g/mol. The summed E-state index contributed by atoms with van der Waals surface area (Å²) in [6.07, 6.45) is 1.52. The highest BCUT2D eigenvalue weighted by molar-refractivity contribution is 6.30. The number of amides is 1. The Morgan fingerprint density at radius 2 is 1.80 bits per heavy atom. The monoisotopic (exact) mass is 378 g/mol. The summed E-state index contributed by atoms with van der Waals surface area (Å²) in [6, 6.07) is 11.4. The second kappa shape index (κ2) is 8.63. The zero-order chi connectivity index (χ0) is 17.6. The summed E-state index contributed by atoms with van der Waals surface area (Å²) in [6.45, 7) is 4.84. The number of rotatable bonds is 5. The molecule has 1 aliphatic heterocycles. The van der Waals surface area contributed by atoms with Gasteiger partial charge in [-0.05, 0) is 29.8 Å². The normalized spacial score (nSPS) is 15.9. The second-order valence-electron chi connectivity index (χ2n) is 6.09. The zero-order valence-electron chi connectivity index (χ0n) is 13.8. The van der Waals surface area contributed by atoms with E-state index in [0.717, 1.165) is 37.7 Å². The molecule has 0 atom stereocenters. The minimum atomic E-state index is -0.0573. The van der Waals surface area contributed by atoms with E-state index in [1.165, 1.54) is 11.8 Å². The molecule has 0 radical (unpaired) electrons. The molecule has 3 rings (SSSR count). The number of hydrogen-bond donors (Lipinski definition) is 1. The Kier molecular flexibility index (Phi) is 6.26. The summed E-state index contributed by atoms with van der Waals surface area (Å²) in [5, 5.41) is 4.11. The SMILES string of the molecule is O=C(CN1CCN(Cc2cccc(Cl)c2)CC1)Nc1ccc(Cl)cn1. The first-order valence-electron chi connectivity index (χ1n) is 8.19. The molecular formula is C18H20Cl2N4O. The number of halogens is 2. The summed E-state index contributed by atoms with van der Waals surface area (Å²) in [5.41, 5.74) is 1.22. The highest BCUT2D eigenvalue weighted by Crippen LogP contribution is 2.14. The van der Waals surface area contributed by atoms with Crippen molar-refractivity contribution >= 4 is 34.9 Å². The van der Waals surface area contributed by atoms with Gasteiger partial charge in [0, 0.05) is 43.9 Å². The predicted octanol–water partition coefficient (Wildman–Crippen LogP) is 3.14. The predicted molar refractivity (Wildman–Crippen MR) is 101 cm³/mol. The third kappa shape index (κ3) is 5.68. The molecule has 0 spiro atoms. The van der Waals surface area contributed by atoms with E-state index in [1.54, 1.807) is 12.1 Å². The lowest BCUT2D eigenvalue weighted by atomic mass is 10.2. The van der Waals surface area contributed by atoms with Gasteiger partial charge in [-0.3, -0.25) is 14.6 Å². The topological polar surface area (TPSA) is 48.5 Å². The van der Waals surface area contributed by atoms with Crippen LogP contribution in [0, 0.1) is 0 Å². The van der Waals surface area contributed by atoms with Gasteiger partial charge in [0.2, 0.25) is 5.91 Å². The lowest BCUT2D eigenvalue weighted by molar-refractivity contribution is -0.117. The molecule has 1 aromatic heterocycles. The Morgan fingerprint density at radius 3 is 2.48 bits per heavy atom. The summed E-state index contributed by atoms with van der Waals surface area (Å²) in [7, 11) is 0. The van der Waals surface area contributed by atoms with Crippen molar-refractivity contribution in [3.05, 3.63) is 58.2 Å². The molecule has 0 aliphatic carbocycles. The number of aromatic nitrogens is 1. The number of nitrogens with zero attached hydrogens (tertiary/aromatic N) is 3. The molecule has 0 saturated carbocycles. The van der Waals surface area contributed by atoms with Crippen molar-refractivity contribution in [2.24, 2.45) is 0 Å². The van der Waals surface area contributed by atoms with E-state index in [9.17, 15) is 4.79 Å². The Hall–Kier alpha value is -1.66. The van der Waals surface area contributed by atoms with E-state index < -0.39 is 0 Å². The van der Waals surface area contributed by atoms with Crippen molar-refractivity contribution in [3.8, 4) is 0 Å².